The van der Waals surface area contributed by atoms with E-state index in [-0.39, 0.29) is 11.8 Å². The first-order valence-corrected chi connectivity index (χ1v) is 10.7. The van der Waals surface area contributed by atoms with Gasteiger partial charge in [-0.15, -0.1) is 0 Å². The predicted octanol–water partition coefficient (Wildman–Crippen LogP) is 3.76. The fourth-order valence-electron chi connectivity index (χ4n) is 3.49. The van der Waals surface area contributed by atoms with Crippen molar-refractivity contribution >= 4 is 11.8 Å². The van der Waals surface area contributed by atoms with Crippen LogP contribution in [0.25, 0.3) is 0 Å². The summed E-state index contributed by atoms with van der Waals surface area (Å²) >= 11 is 0. The van der Waals surface area contributed by atoms with Gasteiger partial charge in [-0.1, -0.05) is 49.4 Å². The van der Waals surface area contributed by atoms with E-state index in [1.807, 2.05) is 73.7 Å². The van der Waals surface area contributed by atoms with Gasteiger partial charge < -0.3 is 15.0 Å². The topological polar surface area (TPSA) is 71.5 Å². The van der Waals surface area contributed by atoms with Crippen LogP contribution in [0.15, 0.2) is 79.1 Å². The molecule has 0 fully saturated rings. The molecule has 2 aromatic carbocycles. The molecule has 166 valence electrons. The van der Waals surface area contributed by atoms with Crippen LogP contribution in [-0.2, 0) is 29.1 Å². The molecule has 0 saturated carbocycles. The summed E-state index contributed by atoms with van der Waals surface area (Å²) in [6.07, 6.45) is 4.14. The first kappa shape index (κ1) is 23.0. The quantitative estimate of drug-likeness (QED) is 0.531. The Morgan fingerprint density at radius 1 is 0.938 bits per heavy atom. The van der Waals surface area contributed by atoms with Gasteiger partial charge in [0.05, 0.1) is 7.11 Å². The maximum absolute atomic E-state index is 13.3. The second-order valence-corrected chi connectivity index (χ2v) is 7.50. The summed E-state index contributed by atoms with van der Waals surface area (Å²) in [6.45, 7) is 2.54. The van der Waals surface area contributed by atoms with Gasteiger partial charge in [0.1, 0.15) is 11.8 Å². The molecule has 0 radical (unpaired) electrons. The van der Waals surface area contributed by atoms with E-state index in [4.69, 9.17) is 4.74 Å². The monoisotopic (exact) mass is 431 g/mol. The smallest absolute Gasteiger partial charge is 0.243 e. The Morgan fingerprint density at radius 2 is 1.62 bits per heavy atom. The molecule has 1 heterocycles. The van der Waals surface area contributed by atoms with Gasteiger partial charge in [0.2, 0.25) is 11.8 Å². The molecule has 32 heavy (non-hydrogen) atoms. The Labute approximate surface area is 189 Å². The summed E-state index contributed by atoms with van der Waals surface area (Å²) in [7, 11) is 1.62. The summed E-state index contributed by atoms with van der Waals surface area (Å²) < 4.78 is 5.23. The molecule has 3 rings (SSSR count). The van der Waals surface area contributed by atoms with E-state index in [1.165, 1.54) is 0 Å². The first-order chi connectivity index (χ1) is 15.6. The van der Waals surface area contributed by atoms with Crippen molar-refractivity contribution in [3.63, 3.8) is 0 Å². The largest absolute Gasteiger partial charge is 0.497 e. The molecule has 6 nitrogen and oxygen atoms in total. The van der Waals surface area contributed by atoms with Crippen LogP contribution in [0.5, 0.6) is 5.75 Å². The van der Waals surface area contributed by atoms with Gasteiger partial charge in [0, 0.05) is 38.3 Å². The Hall–Kier alpha value is -3.67. The van der Waals surface area contributed by atoms with Crippen molar-refractivity contribution < 1.29 is 14.3 Å². The van der Waals surface area contributed by atoms with Crippen molar-refractivity contribution in [3.05, 3.63) is 95.8 Å². The summed E-state index contributed by atoms with van der Waals surface area (Å²) in [6, 6.07) is 20.4. The molecule has 0 saturated heterocycles. The van der Waals surface area contributed by atoms with Crippen LogP contribution in [0.1, 0.15) is 30.0 Å². The van der Waals surface area contributed by atoms with Crippen molar-refractivity contribution in [3.8, 4) is 5.75 Å². The average molecular weight is 432 g/mol. The van der Waals surface area contributed by atoms with Crippen molar-refractivity contribution in [2.24, 2.45) is 0 Å². The SMILES string of the molecule is CCC(=O)N(Cc1ccc(OC)cc1)[C@@H](Cc1ccccc1)C(=O)NCc1ccncc1. The number of aromatic nitrogens is 1. The highest BCUT2D eigenvalue weighted by atomic mass is 16.5. The van der Waals surface area contributed by atoms with Gasteiger partial charge >= 0.3 is 0 Å². The highest BCUT2D eigenvalue weighted by Gasteiger charge is 2.29. The van der Waals surface area contributed by atoms with Crippen LogP contribution in [0.2, 0.25) is 0 Å². The first-order valence-electron chi connectivity index (χ1n) is 10.7. The van der Waals surface area contributed by atoms with Gasteiger partial charge in [-0.05, 0) is 41.0 Å². The van der Waals surface area contributed by atoms with Crippen molar-refractivity contribution in [2.45, 2.75) is 38.9 Å². The number of pyridine rings is 1. The van der Waals surface area contributed by atoms with Gasteiger partial charge in [-0.25, -0.2) is 0 Å². The standard InChI is InChI=1S/C26H29N3O3/c1-3-25(30)29(19-22-9-11-23(32-2)12-10-22)24(17-20-7-5-4-6-8-20)26(31)28-18-21-13-15-27-16-14-21/h4-16,24H,3,17-19H2,1-2H3,(H,28,31)/t24-/m0/s1. The number of carbonyl (C=O) groups excluding carboxylic acids is 2. The molecule has 1 atom stereocenters. The molecule has 0 spiro atoms. The molecule has 0 aliphatic carbocycles. The molecule has 6 heteroatoms. The van der Waals surface area contributed by atoms with Gasteiger partial charge in [-0.2, -0.15) is 0 Å². The molecule has 0 unspecified atom stereocenters. The fourth-order valence-corrected chi connectivity index (χ4v) is 3.49. The number of amides is 2. The van der Waals surface area contributed by atoms with Crippen LogP contribution in [0.4, 0.5) is 0 Å². The van der Waals surface area contributed by atoms with Crippen LogP contribution in [0.3, 0.4) is 0 Å². The molecule has 2 amide bonds. The summed E-state index contributed by atoms with van der Waals surface area (Å²) in [4.78, 5) is 32.0. The molecular formula is C26H29N3O3. The van der Waals surface area contributed by atoms with E-state index >= 15 is 0 Å². The minimum atomic E-state index is -0.631. The molecule has 3 aromatic rings. The molecule has 0 aliphatic rings. The summed E-state index contributed by atoms with van der Waals surface area (Å²) in [5.41, 5.74) is 2.89. The lowest BCUT2D eigenvalue weighted by atomic mass is 10.0. The van der Waals surface area contributed by atoms with E-state index in [2.05, 4.69) is 10.3 Å². The molecule has 1 N–H and O–H groups in total. The average Bonchev–Trinajstić information content (AvgIpc) is 2.85. The maximum atomic E-state index is 13.3. The molecular weight excluding hydrogens is 402 g/mol. The Kier molecular flexibility index (Phi) is 8.37. The summed E-state index contributed by atoms with van der Waals surface area (Å²) in [5.74, 6) is 0.500. The number of ether oxygens (including phenoxy) is 1. The second-order valence-electron chi connectivity index (χ2n) is 7.50. The Morgan fingerprint density at radius 3 is 2.25 bits per heavy atom. The van der Waals surface area contributed by atoms with Crippen LogP contribution >= 0.6 is 0 Å². The van der Waals surface area contributed by atoms with Crippen LogP contribution < -0.4 is 10.1 Å². The summed E-state index contributed by atoms with van der Waals surface area (Å²) in [5, 5.41) is 3.00. The third kappa shape index (κ3) is 6.41. The number of benzene rings is 2. The van der Waals surface area contributed by atoms with Gasteiger partial charge in [0.15, 0.2) is 0 Å². The highest BCUT2D eigenvalue weighted by molar-refractivity contribution is 5.87. The second kappa shape index (κ2) is 11.6. The van der Waals surface area contributed by atoms with E-state index in [0.717, 1.165) is 22.4 Å². The Bertz CT molecular complexity index is 992. The number of methoxy groups -OCH3 is 1. The third-order valence-corrected chi connectivity index (χ3v) is 5.30. The number of carbonyl (C=O) groups is 2. The van der Waals surface area contributed by atoms with Gasteiger partial charge in [0.25, 0.3) is 0 Å². The zero-order valence-electron chi connectivity index (χ0n) is 18.5. The normalized spacial score (nSPS) is 11.4. The van der Waals surface area contributed by atoms with E-state index in [0.29, 0.717) is 25.9 Å². The number of hydrogen-bond donors (Lipinski definition) is 1. The number of nitrogens with zero attached hydrogens (tertiary/aromatic N) is 2. The molecule has 1 aromatic heterocycles. The highest BCUT2D eigenvalue weighted by Crippen LogP contribution is 2.18. The minimum absolute atomic E-state index is 0.0687. The molecule has 0 aliphatic heterocycles. The van der Waals surface area contributed by atoms with E-state index in [1.54, 1.807) is 24.4 Å². The van der Waals surface area contributed by atoms with Crippen molar-refractivity contribution in [1.82, 2.24) is 15.2 Å². The number of hydrogen-bond acceptors (Lipinski definition) is 4. The fraction of sp³-hybridized carbons (Fsp3) is 0.269. The van der Waals surface area contributed by atoms with Crippen LogP contribution in [-0.4, -0.2) is 34.8 Å². The van der Waals surface area contributed by atoms with Crippen molar-refractivity contribution in [2.75, 3.05) is 7.11 Å². The van der Waals surface area contributed by atoms with E-state index < -0.39 is 6.04 Å². The number of nitrogens with one attached hydrogen (secondary N) is 1. The lowest BCUT2D eigenvalue weighted by molar-refractivity contribution is -0.141. The molecule has 0 bridgehead atoms. The van der Waals surface area contributed by atoms with Crippen LogP contribution in [0, 0.1) is 0 Å². The minimum Gasteiger partial charge on any atom is -0.497 e. The zero-order valence-corrected chi connectivity index (χ0v) is 18.5. The lowest BCUT2D eigenvalue weighted by Crippen LogP contribution is -2.50. The zero-order chi connectivity index (χ0) is 22.8. The van der Waals surface area contributed by atoms with Crippen molar-refractivity contribution in [1.29, 1.82) is 0 Å². The maximum Gasteiger partial charge on any atom is 0.243 e. The lowest BCUT2D eigenvalue weighted by Gasteiger charge is -2.31. The Balaban J connectivity index is 1.85. The third-order valence-electron chi connectivity index (χ3n) is 5.30. The predicted molar refractivity (Wildman–Crippen MR) is 124 cm³/mol. The number of rotatable bonds is 10. The van der Waals surface area contributed by atoms with Gasteiger partial charge in [-0.3, -0.25) is 14.6 Å². The van der Waals surface area contributed by atoms with E-state index in [9.17, 15) is 9.59 Å².